The molecule has 4 heteroatoms. The zero-order valence-electron chi connectivity index (χ0n) is 11.7. The van der Waals surface area contributed by atoms with Crippen molar-refractivity contribution in [2.24, 2.45) is 0 Å². The molecule has 1 fully saturated rings. The van der Waals surface area contributed by atoms with E-state index in [9.17, 15) is 4.79 Å². The van der Waals surface area contributed by atoms with Gasteiger partial charge in [-0.25, -0.2) is 0 Å². The number of carbonyl (C=O) groups is 1. The summed E-state index contributed by atoms with van der Waals surface area (Å²) in [5, 5.41) is 3.35. The summed E-state index contributed by atoms with van der Waals surface area (Å²) in [7, 11) is 0. The van der Waals surface area contributed by atoms with E-state index in [4.69, 9.17) is 0 Å². The predicted octanol–water partition coefficient (Wildman–Crippen LogP) is 2.90. The van der Waals surface area contributed by atoms with Crippen molar-refractivity contribution in [3.63, 3.8) is 0 Å². The molecule has 0 saturated carbocycles. The van der Waals surface area contributed by atoms with Gasteiger partial charge in [0.25, 0.3) is 0 Å². The van der Waals surface area contributed by atoms with Gasteiger partial charge in [0, 0.05) is 17.1 Å². The molecule has 1 unspecified atom stereocenters. The van der Waals surface area contributed by atoms with Crippen molar-refractivity contribution in [1.82, 2.24) is 5.32 Å². The summed E-state index contributed by atoms with van der Waals surface area (Å²) in [6.07, 6.45) is 5.15. The Balaban J connectivity index is 2.07. The Morgan fingerprint density at radius 2 is 2.11 bits per heavy atom. The largest absolute Gasteiger partial charge is 0.311 e. The Bertz CT molecular complexity index is 419. The number of hydrogen-bond acceptors (Lipinski definition) is 3. The smallest absolute Gasteiger partial charge is 0.244 e. The summed E-state index contributed by atoms with van der Waals surface area (Å²) in [4.78, 5) is 15.6. The van der Waals surface area contributed by atoms with Crippen LogP contribution in [0.1, 0.15) is 26.2 Å². The van der Waals surface area contributed by atoms with Gasteiger partial charge in [-0.1, -0.05) is 6.92 Å². The lowest BCUT2D eigenvalue weighted by atomic mass is 10.0. The van der Waals surface area contributed by atoms with Gasteiger partial charge in [0.1, 0.15) is 0 Å². The highest BCUT2D eigenvalue weighted by Crippen LogP contribution is 2.24. The molecule has 1 atom stereocenters. The molecular weight excluding hydrogens is 256 g/mol. The molecule has 0 spiro atoms. The average Bonchev–Trinajstić information content (AvgIpc) is 2.46. The molecule has 1 amide bonds. The molecule has 2 rings (SSSR count). The fourth-order valence-electron chi connectivity index (χ4n) is 2.40. The zero-order valence-corrected chi connectivity index (χ0v) is 12.5. The van der Waals surface area contributed by atoms with E-state index >= 15 is 0 Å². The Kier molecular flexibility index (Phi) is 5.28. The van der Waals surface area contributed by atoms with Crippen LogP contribution in [0.4, 0.5) is 5.69 Å². The van der Waals surface area contributed by atoms with E-state index in [1.54, 1.807) is 11.8 Å². The van der Waals surface area contributed by atoms with Crippen molar-refractivity contribution in [2.75, 3.05) is 24.2 Å². The Labute approximate surface area is 119 Å². The van der Waals surface area contributed by atoms with Gasteiger partial charge in [0.15, 0.2) is 0 Å². The number of amides is 1. The van der Waals surface area contributed by atoms with E-state index in [0.29, 0.717) is 0 Å². The van der Waals surface area contributed by atoms with Gasteiger partial charge >= 0.3 is 0 Å². The van der Waals surface area contributed by atoms with Crippen LogP contribution in [0.3, 0.4) is 0 Å². The Morgan fingerprint density at radius 1 is 1.37 bits per heavy atom. The highest BCUT2D eigenvalue weighted by molar-refractivity contribution is 7.98. The number of thioether (sulfide) groups is 1. The molecule has 0 aromatic heterocycles. The maximum absolute atomic E-state index is 12.4. The lowest BCUT2D eigenvalue weighted by Gasteiger charge is -2.32. The maximum Gasteiger partial charge on any atom is 0.244 e. The highest BCUT2D eigenvalue weighted by Gasteiger charge is 2.28. The number of rotatable bonds is 5. The van der Waals surface area contributed by atoms with Gasteiger partial charge in [-0.05, 0) is 56.3 Å². The minimum Gasteiger partial charge on any atom is -0.311 e. The van der Waals surface area contributed by atoms with Crippen LogP contribution in [-0.4, -0.2) is 31.3 Å². The molecular formula is C15H22N2OS. The predicted molar refractivity (Wildman–Crippen MR) is 81.9 cm³/mol. The molecule has 19 heavy (non-hydrogen) atoms. The first-order valence-electron chi connectivity index (χ1n) is 6.95. The first kappa shape index (κ1) is 14.4. The van der Waals surface area contributed by atoms with Crippen molar-refractivity contribution in [2.45, 2.75) is 37.1 Å². The number of carbonyl (C=O) groups excluding carboxylic acids is 1. The Hall–Kier alpha value is -1.00. The van der Waals surface area contributed by atoms with Crippen LogP contribution >= 0.6 is 11.8 Å². The number of anilines is 1. The summed E-state index contributed by atoms with van der Waals surface area (Å²) in [6.45, 7) is 3.87. The molecule has 1 heterocycles. The van der Waals surface area contributed by atoms with E-state index in [2.05, 4.69) is 30.6 Å². The fraction of sp³-hybridized carbons (Fsp3) is 0.533. The number of nitrogens with one attached hydrogen (secondary N) is 1. The van der Waals surface area contributed by atoms with Crippen molar-refractivity contribution >= 4 is 23.4 Å². The van der Waals surface area contributed by atoms with E-state index in [1.807, 2.05) is 17.0 Å². The third-order valence-electron chi connectivity index (χ3n) is 3.46. The molecule has 1 aromatic carbocycles. The summed E-state index contributed by atoms with van der Waals surface area (Å²) in [5.41, 5.74) is 1.02. The SMILES string of the molecule is CCCNC1CCCN(c2ccc(SC)cc2)C1=O. The number of hydrogen-bond donors (Lipinski definition) is 1. The maximum atomic E-state index is 12.4. The Morgan fingerprint density at radius 3 is 2.74 bits per heavy atom. The standard InChI is InChI=1S/C15H22N2OS/c1-3-10-16-14-5-4-11-17(15(14)18)12-6-8-13(19-2)9-7-12/h6-9,14,16H,3-5,10-11H2,1-2H3. The first-order valence-corrected chi connectivity index (χ1v) is 8.17. The molecule has 1 aliphatic heterocycles. The van der Waals surface area contributed by atoms with E-state index in [1.165, 1.54) is 4.90 Å². The van der Waals surface area contributed by atoms with Crippen molar-refractivity contribution in [3.8, 4) is 0 Å². The van der Waals surface area contributed by atoms with Gasteiger partial charge in [0.2, 0.25) is 5.91 Å². The van der Waals surface area contributed by atoms with Crippen LogP contribution < -0.4 is 10.2 Å². The minimum atomic E-state index is -0.00562. The lowest BCUT2D eigenvalue weighted by molar-refractivity contribution is -0.121. The normalized spacial score (nSPS) is 19.8. The van der Waals surface area contributed by atoms with Crippen LogP contribution in [0.15, 0.2) is 29.2 Å². The van der Waals surface area contributed by atoms with Crippen molar-refractivity contribution in [1.29, 1.82) is 0 Å². The number of benzene rings is 1. The first-order chi connectivity index (χ1) is 9.26. The van der Waals surface area contributed by atoms with Gasteiger partial charge in [-0.2, -0.15) is 0 Å². The van der Waals surface area contributed by atoms with Gasteiger partial charge in [-0.3, -0.25) is 4.79 Å². The van der Waals surface area contributed by atoms with Crippen LogP contribution in [0.5, 0.6) is 0 Å². The minimum absolute atomic E-state index is 0.00562. The molecule has 1 saturated heterocycles. The average molecular weight is 278 g/mol. The van der Waals surface area contributed by atoms with Gasteiger partial charge in [0.05, 0.1) is 6.04 Å². The molecule has 0 aliphatic carbocycles. The molecule has 104 valence electrons. The zero-order chi connectivity index (χ0) is 13.7. The topological polar surface area (TPSA) is 32.3 Å². The second-order valence-corrected chi connectivity index (χ2v) is 5.72. The number of nitrogens with zero attached hydrogens (tertiary/aromatic N) is 1. The van der Waals surface area contributed by atoms with Gasteiger partial charge < -0.3 is 10.2 Å². The van der Waals surface area contributed by atoms with E-state index in [-0.39, 0.29) is 11.9 Å². The fourth-order valence-corrected chi connectivity index (χ4v) is 2.81. The summed E-state index contributed by atoms with van der Waals surface area (Å²) < 4.78 is 0. The van der Waals surface area contributed by atoms with Crippen molar-refractivity contribution < 1.29 is 4.79 Å². The number of piperidine rings is 1. The van der Waals surface area contributed by atoms with Gasteiger partial charge in [-0.15, -0.1) is 11.8 Å². The summed E-state index contributed by atoms with van der Waals surface area (Å²) in [6, 6.07) is 8.25. The summed E-state index contributed by atoms with van der Waals surface area (Å²) >= 11 is 1.72. The molecule has 1 aliphatic rings. The molecule has 0 radical (unpaired) electrons. The molecule has 0 bridgehead atoms. The van der Waals surface area contributed by atoms with E-state index in [0.717, 1.165) is 38.0 Å². The monoisotopic (exact) mass is 278 g/mol. The van der Waals surface area contributed by atoms with Crippen LogP contribution in [-0.2, 0) is 4.79 Å². The van der Waals surface area contributed by atoms with Crippen LogP contribution in [0, 0.1) is 0 Å². The second kappa shape index (κ2) is 6.96. The quantitative estimate of drug-likeness (QED) is 0.841. The summed E-state index contributed by atoms with van der Waals surface area (Å²) in [5.74, 6) is 0.219. The van der Waals surface area contributed by atoms with Crippen LogP contribution in [0.2, 0.25) is 0 Å². The molecule has 1 aromatic rings. The van der Waals surface area contributed by atoms with Crippen LogP contribution in [0.25, 0.3) is 0 Å². The third-order valence-corrected chi connectivity index (χ3v) is 4.21. The lowest BCUT2D eigenvalue weighted by Crippen LogP contribution is -2.51. The molecule has 1 N–H and O–H groups in total. The van der Waals surface area contributed by atoms with E-state index < -0.39 is 0 Å². The molecule has 3 nitrogen and oxygen atoms in total. The van der Waals surface area contributed by atoms with Crippen molar-refractivity contribution in [3.05, 3.63) is 24.3 Å². The highest BCUT2D eigenvalue weighted by atomic mass is 32.2. The third kappa shape index (κ3) is 3.51. The second-order valence-electron chi connectivity index (χ2n) is 4.84.